The van der Waals surface area contributed by atoms with E-state index < -0.39 is 5.91 Å². The fraction of sp³-hybridized carbons (Fsp3) is 0.200. The van der Waals surface area contributed by atoms with Gasteiger partial charge in [0.05, 0.1) is 19.2 Å². The molecular weight excluding hydrogens is 384 g/mol. The van der Waals surface area contributed by atoms with Crippen LogP contribution in [0.2, 0.25) is 5.02 Å². The highest BCUT2D eigenvalue weighted by Crippen LogP contribution is 2.39. The molecule has 0 saturated carbocycles. The van der Waals surface area contributed by atoms with Crippen molar-refractivity contribution in [2.24, 2.45) is 0 Å². The van der Waals surface area contributed by atoms with Crippen molar-refractivity contribution in [2.75, 3.05) is 32.8 Å². The molecule has 1 heterocycles. The summed E-state index contributed by atoms with van der Waals surface area (Å²) < 4.78 is 21.4. The van der Waals surface area contributed by atoms with E-state index in [0.29, 0.717) is 52.5 Å². The number of benzene rings is 2. The van der Waals surface area contributed by atoms with Crippen LogP contribution in [0.3, 0.4) is 0 Å². The number of carbonyl (C=O) groups excluding carboxylic acids is 1. The van der Waals surface area contributed by atoms with Crippen LogP contribution in [-0.4, -0.2) is 33.3 Å². The Labute approximate surface area is 167 Å². The monoisotopic (exact) mass is 400 g/mol. The topological polar surface area (TPSA) is 89.8 Å². The number of halogens is 1. The standard InChI is InChI=1S/C20H17ClN2O5/c1-25-16-4-3-14(10-17(16)26-2)23-20(24)13(11-22)7-12-8-15(21)19-18(9-12)27-5-6-28-19/h3-4,7-10H,5-6H2,1-2H3,(H,23,24)/b13-7+. The lowest BCUT2D eigenvalue weighted by Gasteiger charge is -2.19. The van der Waals surface area contributed by atoms with E-state index in [1.54, 1.807) is 30.3 Å². The quantitative estimate of drug-likeness (QED) is 0.608. The van der Waals surface area contributed by atoms with Gasteiger partial charge in [-0.3, -0.25) is 4.79 Å². The molecule has 0 spiro atoms. The first-order chi connectivity index (χ1) is 13.5. The highest BCUT2D eigenvalue weighted by atomic mass is 35.5. The van der Waals surface area contributed by atoms with Crippen molar-refractivity contribution in [2.45, 2.75) is 0 Å². The summed E-state index contributed by atoms with van der Waals surface area (Å²) in [5, 5.41) is 12.4. The van der Waals surface area contributed by atoms with Gasteiger partial charge >= 0.3 is 0 Å². The summed E-state index contributed by atoms with van der Waals surface area (Å²) in [6.07, 6.45) is 1.43. The molecule has 0 bridgehead atoms. The second-order valence-corrected chi connectivity index (χ2v) is 6.13. The summed E-state index contributed by atoms with van der Waals surface area (Å²) >= 11 is 6.20. The van der Waals surface area contributed by atoms with Gasteiger partial charge in [-0.2, -0.15) is 5.26 Å². The van der Waals surface area contributed by atoms with Crippen LogP contribution in [0.5, 0.6) is 23.0 Å². The normalized spacial score (nSPS) is 12.7. The van der Waals surface area contributed by atoms with Crippen molar-refractivity contribution in [1.29, 1.82) is 5.26 Å². The van der Waals surface area contributed by atoms with E-state index in [0.717, 1.165) is 0 Å². The van der Waals surface area contributed by atoms with Crippen LogP contribution in [0.25, 0.3) is 6.08 Å². The number of amides is 1. The highest BCUT2D eigenvalue weighted by Gasteiger charge is 2.17. The third kappa shape index (κ3) is 4.13. The van der Waals surface area contributed by atoms with E-state index in [2.05, 4.69) is 5.32 Å². The molecule has 1 aliphatic heterocycles. The number of hydrogen-bond donors (Lipinski definition) is 1. The largest absolute Gasteiger partial charge is 0.493 e. The Morgan fingerprint density at radius 3 is 2.64 bits per heavy atom. The maximum Gasteiger partial charge on any atom is 0.266 e. The average Bonchev–Trinajstić information content (AvgIpc) is 2.71. The van der Waals surface area contributed by atoms with Crippen molar-refractivity contribution < 1.29 is 23.7 Å². The van der Waals surface area contributed by atoms with Gasteiger partial charge in [-0.1, -0.05) is 11.6 Å². The molecule has 0 aliphatic carbocycles. The van der Waals surface area contributed by atoms with Gasteiger partial charge in [0.1, 0.15) is 24.9 Å². The molecule has 2 aromatic rings. The number of hydrogen-bond acceptors (Lipinski definition) is 6. The van der Waals surface area contributed by atoms with Crippen LogP contribution in [-0.2, 0) is 4.79 Å². The molecule has 7 nitrogen and oxygen atoms in total. The molecule has 0 fully saturated rings. The summed E-state index contributed by atoms with van der Waals surface area (Å²) in [4.78, 5) is 12.5. The zero-order chi connectivity index (χ0) is 20.1. The lowest BCUT2D eigenvalue weighted by molar-refractivity contribution is -0.112. The van der Waals surface area contributed by atoms with Gasteiger partial charge in [-0.15, -0.1) is 0 Å². The first-order valence-corrected chi connectivity index (χ1v) is 8.68. The number of carbonyl (C=O) groups is 1. The van der Waals surface area contributed by atoms with Crippen LogP contribution in [0.4, 0.5) is 5.69 Å². The molecule has 0 radical (unpaired) electrons. The molecule has 1 amide bonds. The minimum atomic E-state index is -0.569. The predicted molar refractivity (Wildman–Crippen MR) is 104 cm³/mol. The number of rotatable bonds is 5. The number of ether oxygens (including phenoxy) is 4. The third-order valence-corrected chi connectivity index (χ3v) is 4.22. The van der Waals surface area contributed by atoms with Crippen LogP contribution >= 0.6 is 11.6 Å². The molecule has 3 rings (SSSR count). The Morgan fingerprint density at radius 2 is 1.93 bits per heavy atom. The maximum atomic E-state index is 12.5. The van der Waals surface area contributed by atoms with Gasteiger partial charge in [0.15, 0.2) is 23.0 Å². The van der Waals surface area contributed by atoms with E-state index in [1.807, 2.05) is 6.07 Å². The van der Waals surface area contributed by atoms with Crippen LogP contribution in [0.1, 0.15) is 5.56 Å². The van der Waals surface area contributed by atoms with Crippen LogP contribution in [0.15, 0.2) is 35.9 Å². The highest BCUT2D eigenvalue weighted by molar-refractivity contribution is 6.32. The van der Waals surface area contributed by atoms with Crippen molar-refractivity contribution >= 4 is 29.3 Å². The number of nitrogens with zero attached hydrogens (tertiary/aromatic N) is 1. The van der Waals surface area contributed by atoms with Crippen LogP contribution < -0.4 is 24.3 Å². The Kier molecular flexibility index (Phi) is 5.92. The van der Waals surface area contributed by atoms with Crippen molar-refractivity contribution in [3.63, 3.8) is 0 Å². The summed E-state index contributed by atoms with van der Waals surface area (Å²) in [7, 11) is 3.01. The van der Waals surface area contributed by atoms with E-state index in [-0.39, 0.29) is 5.57 Å². The molecule has 144 valence electrons. The van der Waals surface area contributed by atoms with E-state index >= 15 is 0 Å². The molecule has 0 saturated heterocycles. The molecule has 0 unspecified atom stereocenters. The predicted octanol–water partition coefficient (Wildman–Crippen LogP) is 3.67. The first-order valence-electron chi connectivity index (χ1n) is 8.30. The Bertz CT molecular complexity index is 981. The summed E-state index contributed by atoms with van der Waals surface area (Å²) in [6.45, 7) is 0.820. The number of fused-ring (bicyclic) bond motifs is 1. The van der Waals surface area contributed by atoms with Gasteiger partial charge in [-0.25, -0.2) is 0 Å². The fourth-order valence-electron chi connectivity index (χ4n) is 2.64. The van der Waals surface area contributed by atoms with Gasteiger partial charge in [-0.05, 0) is 35.9 Å². The minimum absolute atomic E-state index is 0.0949. The first kappa shape index (κ1) is 19.4. The van der Waals surface area contributed by atoms with Crippen molar-refractivity contribution in [1.82, 2.24) is 0 Å². The van der Waals surface area contributed by atoms with Crippen molar-refractivity contribution in [3.8, 4) is 29.1 Å². The molecule has 2 aromatic carbocycles. The molecular formula is C20H17ClN2O5. The van der Waals surface area contributed by atoms with E-state index in [4.69, 9.17) is 30.5 Å². The SMILES string of the molecule is COc1ccc(NC(=O)/C(C#N)=C/c2cc(Cl)c3c(c2)OCCO3)cc1OC. The van der Waals surface area contributed by atoms with Crippen LogP contribution in [0, 0.1) is 11.3 Å². The lowest BCUT2D eigenvalue weighted by Crippen LogP contribution is -2.16. The number of nitriles is 1. The van der Waals surface area contributed by atoms with Gasteiger partial charge in [0.2, 0.25) is 0 Å². The number of methoxy groups -OCH3 is 2. The Balaban J connectivity index is 1.84. The molecule has 8 heteroatoms. The molecule has 28 heavy (non-hydrogen) atoms. The lowest BCUT2D eigenvalue weighted by atomic mass is 10.1. The molecule has 0 atom stereocenters. The summed E-state index contributed by atoms with van der Waals surface area (Å²) in [5.41, 5.74) is 0.916. The molecule has 1 aliphatic rings. The van der Waals surface area contributed by atoms with Gasteiger partial charge < -0.3 is 24.3 Å². The average molecular weight is 401 g/mol. The van der Waals surface area contributed by atoms with Crippen molar-refractivity contribution in [3.05, 3.63) is 46.5 Å². The minimum Gasteiger partial charge on any atom is -0.493 e. The maximum absolute atomic E-state index is 12.5. The molecule has 0 aromatic heterocycles. The second kappa shape index (κ2) is 8.55. The second-order valence-electron chi connectivity index (χ2n) is 5.72. The van der Waals surface area contributed by atoms with Gasteiger partial charge in [0, 0.05) is 11.8 Å². The summed E-state index contributed by atoms with van der Waals surface area (Å²) in [6, 6.07) is 10.1. The molecule has 1 N–H and O–H groups in total. The zero-order valence-corrected chi connectivity index (χ0v) is 16.0. The van der Waals surface area contributed by atoms with E-state index in [1.165, 1.54) is 20.3 Å². The zero-order valence-electron chi connectivity index (χ0n) is 15.2. The Hall–Kier alpha value is -3.37. The number of anilines is 1. The summed E-state index contributed by atoms with van der Waals surface area (Å²) in [5.74, 6) is 1.35. The smallest absolute Gasteiger partial charge is 0.266 e. The fourth-order valence-corrected chi connectivity index (χ4v) is 2.92. The van der Waals surface area contributed by atoms with E-state index in [9.17, 15) is 10.1 Å². The third-order valence-electron chi connectivity index (χ3n) is 3.94. The number of nitrogens with one attached hydrogen (secondary N) is 1. The Morgan fingerprint density at radius 1 is 1.18 bits per heavy atom. The van der Waals surface area contributed by atoms with Gasteiger partial charge in [0.25, 0.3) is 5.91 Å².